The van der Waals surface area contributed by atoms with Gasteiger partial charge in [-0.05, 0) is 19.3 Å². The number of ether oxygens (including phenoxy) is 1. The van der Waals surface area contributed by atoms with Crippen LogP contribution in [0.5, 0.6) is 0 Å². The molecule has 8 nitrogen and oxygen atoms in total. The van der Waals surface area contributed by atoms with Gasteiger partial charge in [0.2, 0.25) is 0 Å². The van der Waals surface area contributed by atoms with Crippen LogP contribution in [0.1, 0.15) is 129 Å². The van der Waals surface area contributed by atoms with Crippen molar-refractivity contribution in [3.05, 3.63) is 0 Å². The SMILES string of the molecule is CCCCCCCCCCCCCCCC[C@@H](OP(=O)(O)O)[C@H](CO)OCCCCCC(=O)O. The zero-order valence-electron chi connectivity index (χ0n) is 21.4. The first-order chi connectivity index (χ1) is 16.3. The lowest BCUT2D eigenvalue weighted by molar-refractivity contribution is -0.137. The minimum Gasteiger partial charge on any atom is -0.481 e. The molecule has 0 aliphatic carbocycles. The van der Waals surface area contributed by atoms with Crippen LogP contribution in [0.2, 0.25) is 0 Å². The maximum absolute atomic E-state index is 11.4. The first-order valence-corrected chi connectivity index (χ1v) is 15.0. The monoisotopic (exact) mass is 510 g/mol. The molecule has 0 fully saturated rings. The van der Waals surface area contributed by atoms with Crippen LogP contribution in [-0.4, -0.2) is 51.4 Å². The number of carboxylic acid groups (broad SMARTS) is 1. The molecule has 34 heavy (non-hydrogen) atoms. The van der Waals surface area contributed by atoms with Crippen molar-refractivity contribution in [2.75, 3.05) is 13.2 Å². The van der Waals surface area contributed by atoms with E-state index in [1.807, 2.05) is 0 Å². The van der Waals surface area contributed by atoms with Crippen molar-refractivity contribution in [3.8, 4) is 0 Å². The van der Waals surface area contributed by atoms with Crippen molar-refractivity contribution in [2.45, 2.75) is 141 Å². The summed E-state index contributed by atoms with van der Waals surface area (Å²) in [5.74, 6) is -0.836. The highest BCUT2D eigenvalue weighted by Gasteiger charge is 2.29. The van der Waals surface area contributed by atoms with Crippen LogP contribution in [0.4, 0.5) is 0 Å². The fraction of sp³-hybridized carbons (Fsp3) is 0.960. The van der Waals surface area contributed by atoms with E-state index in [9.17, 15) is 24.3 Å². The summed E-state index contributed by atoms with van der Waals surface area (Å²) in [6, 6.07) is 0. The minimum absolute atomic E-state index is 0.104. The average Bonchev–Trinajstić information content (AvgIpc) is 2.77. The number of phosphoric acid groups is 1. The third kappa shape index (κ3) is 23.3. The second-order valence-electron chi connectivity index (χ2n) is 9.32. The Morgan fingerprint density at radius 3 is 1.65 bits per heavy atom. The summed E-state index contributed by atoms with van der Waals surface area (Å²) in [7, 11) is -4.69. The molecule has 0 amide bonds. The van der Waals surface area contributed by atoms with Gasteiger partial charge in [0.25, 0.3) is 0 Å². The van der Waals surface area contributed by atoms with E-state index < -0.39 is 32.6 Å². The van der Waals surface area contributed by atoms with Crippen LogP contribution >= 0.6 is 7.82 Å². The van der Waals surface area contributed by atoms with Crippen molar-refractivity contribution >= 4 is 13.8 Å². The summed E-state index contributed by atoms with van der Waals surface area (Å²) < 4.78 is 21.9. The predicted octanol–water partition coefficient (Wildman–Crippen LogP) is 6.36. The van der Waals surface area contributed by atoms with E-state index >= 15 is 0 Å². The molecule has 9 heteroatoms. The van der Waals surface area contributed by atoms with Gasteiger partial charge in [-0.15, -0.1) is 0 Å². The number of aliphatic hydroxyl groups is 1. The van der Waals surface area contributed by atoms with Crippen LogP contribution in [0.3, 0.4) is 0 Å². The molecule has 0 bridgehead atoms. The lowest BCUT2D eigenvalue weighted by Gasteiger charge is -2.26. The Morgan fingerprint density at radius 1 is 0.735 bits per heavy atom. The van der Waals surface area contributed by atoms with E-state index in [-0.39, 0.29) is 13.0 Å². The number of carbonyl (C=O) groups is 1. The largest absolute Gasteiger partial charge is 0.481 e. The lowest BCUT2D eigenvalue weighted by Crippen LogP contribution is -2.34. The van der Waals surface area contributed by atoms with Gasteiger partial charge >= 0.3 is 13.8 Å². The molecule has 204 valence electrons. The Bertz CT molecular complexity index is 511. The molecule has 4 N–H and O–H groups in total. The van der Waals surface area contributed by atoms with Gasteiger partial charge in [-0.2, -0.15) is 0 Å². The molecule has 0 aliphatic rings. The maximum Gasteiger partial charge on any atom is 0.469 e. The molecular weight excluding hydrogens is 459 g/mol. The normalized spacial score (nSPS) is 13.8. The van der Waals surface area contributed by atoms with Crippen LogP contribution in [0.15, 0.2) is 0 Å². The molecule has 0 aromatic heterocycles. The second kappa shape index (κ2) is 22.9. The molecule has 0 spiro atoms. The maximum atomic E-state index is 11.4. The first kappa shape index (κ1) is 33.5. The predicted molar refractivity (Wildman–Crippen MR) is 135 cm³/mol. The van der Waals surface area contributed by atoms with Gasteiger partial charge in [-0.25, -0.2) is 4.57 Å². The fourth-order valence-electron chi connectivity index (χ4n) is 4.09. The average molecular weight is 511 g/mol. The number of unbranched alkanes of at least 4 members (excludes halogenated alkanes) is 15. The summed E-state index contributed by atoms with van der Waals surface area (Å²) in [6.07, 6.45) is 17.8. The number of aliphatic hydroxyl groups excluding tert-OH is 1. The molecule has 0 rings (SSSR count). The van der Waals surface area contributed by atoms with Gasteiger partial charge in [0.05, 0.1) is 12.7 Å². The van der Waals surface area contributed by atoms with E-state index in [2.05, 4.69) is 6.92 Å². The van der Waals surface area contributed by atoms with Gasteiger partial charge < -0.3 is 24.7 Å². The molecule has 0 heterocycles. The number of hydrogen-bond acceptors (Lipinski definition) is 5. The number of rotatable bonds is 26. The molecule has 0 aromatic rings. The van der Waals surface area contributed by atoms with E-state index in [1.165, 1.54) is 64.2 Å². The topological polar surface area (TPSA) is 134 Å². The van der Waals surface area contributed by atoms with E-state index in [4.69, 9.17) is 14.4 Å². The summed E-state index contributed by atoms with van der Waals surface area (Å²) in [5.41, 5.74) is 0. The number of phosphoric ester groups is 1. The second-order valence-corrected chi connectivity index (χ2v) is 10.5. The fourth-order valence-corrected chi connectivity index (χ4v) is 4.68. The van der Waals surface area contributed by atoms with Crippen molar-refractivity contribution < 1.29 is 38.6 Å². The van der Waals surface area contributed by atoms with Gasteiger partial charge in [0, 0.05) is 13.0 Å². The zero-order chi connectivity index (χ0) is 25.5. The summed E-state index contributed by atoms with van der Waals surface area (Å²) in [5, 5.41) is 18.3. The van der Waals surface area contributed by atoms with Crippen molar-refractivity contribution in [1.82, 2.24) is 0 Å². The molecule has 0 saturated heterocycles. The standard InChI is InChI=1S/C25H51O8P/c1-2-3-4-5-6-7-8-9-10-11-12-13-14-16-19-23(33-34(29,30)31)24(22-26)32-21-18-15-17-20-25(27)28/h23-24,26H,2-22H2,1H3,(H,27,28)(H2,29,30,31)/t23-,24+/m1/s1. The molecule has 0 saturated carbocycles. The summed E-state index contributed by atoms with van der Waals surface area (Å²) in [4.78, 5) is 29.0. The van der Waals surface area contributed by atoms with Gasteiger partial charge in [0.1, 0.15) is 6.10 Å². The molecular formula is C25H51O8P. The Labute approximate surface area is 207 Å². The molecule has 2 atom stereocenters. The highest BCUT2D eigenvalue weighted by atomic mass is 31.2. The first-order valence-electron chi connectivity index (χ1n) is 13.5. The molecule has 0 aromatic carbocycles. The Kier molecular flexibility index (Phi) is 22.6. The van der Waals surface area contributed by atoms with Crippen LogP contribution in [-0.2, 0) is 18.6 Å². The zero-order valence-corrected chi connectivity index (χ0v) is 22.3. The van der Waals surface area contributed by atoms with Crippen molar-refractivity contribution in [1.29, 1.82) is 0 Å². The smallest absolute Gasteiger partial charge is 0.469 e. The molecule has 0 radical (unpaired) electrons. The molecule has 0 aliphatic heterocycles. The molecule has 0 unspecified atom stereocenters. The van der Waals surface area contributed by atoms with Crippen molar-refractivity contribution in [2.24, 2.45) is 0 Å². The van der Waals surface area contributed by atoms with Crippen LogP contribution in [0.25, 0.3) is 0 Å². The quantitative estimate of drug-likeness (QED) is 0.0780. The summed E-state index contributed by atoms with van der Waals surface area (Å²) >= 11 is 0. The third-order valence-electron chi connectivity index (χ3n) is 6.08. The Hall–Kier alpha value is -0.500. The van der Waals surface area contributed by atoms with Crippen molar-refractivity contribution in [3.63, 3.8) is 0 Å². The number of aliphatic carboxylic acids is 1. The van der Waals surface area contributed by atoms with E-state index in [0.717, 1.165) is 25.7 Å². The van der Waals surface area contributed by atoms with E-state index in [0.29, 0.717) is 25.7 Å². The van der Waals surface area contributed by atoms with Gasteiger partial charge in [-0.1, -0.05) is 103 Å². The highest BCUT2D eigenvalue weighted by molar-refractivity contribution is 7.46. The highest BCUT2D eigenvalue weighted by Crippen LogP contribution is 2.39. The van der Waals surface area contributed by atoms with Gasteiger partial charge in [0.15, 0.2) is 0 Å². The minimum atomic E-state index is -4.69. The Balaban J connectivity index is 3.97. The summed E-state index contributed by atoms with van der Waals surface area (Å²) in [6.45, 7) is 2.13. The van der Waals surface area contributed by atoms with Crippen LogP contribution < -0.4 is 0 Å². The van der Waals surface area contributed by atoms with E-state index in [1.54, 1.807) is 0 Å². The lowest BCUT2D eigenvalue weighted by atomic mass is 10.0. The van der Waals surface area contributed by atoms with Gasteiger partial charge in [-0.3, -0.25) is 9.32 Å². The number of hydrogen-bond donors (Lipinski definition) is 4. The number of carboxylic acids is 1. The van der Waals surface area contributed by atoms with Crippen LogP contribution in [0, 0.1) is 0 Å². The third-order valence-corrected chi connectivity index (χ3v) is 6.62. The Morgan fingerprint density at radius 2 is 1.21 bits per heavy atom.